The minimum atomic E-state index is 0.105. The molecule has 32 heavy (non-hydrogen) atoms. The Morgan fingerprint density at radius 1 is 0.781 bits per heavy atom. The standard InChI is InChI=1S/C30H27NO/c1-6-18-30(19-7-1)22-12-4-2-10-20(22)28-23(30)13-8-14-24(28)31-25-15-9-17-27-29(25)21-11-3-5-16-26(21)32-27/h2-5,8-16,27,31H,1,6-7,17-19H2. The van der Waals surface area contributed by atoms with Crippen molar-refractivity contribution in [1.82, 2.24) is 0 Å². The van der Waals surface area contributed by atoms with Gasteiger partial charge in [0.05, 0.1) is 0 Å². The summed E-state index contributed by atoms with van der Waals surface area (Å²) in [4.78, 5) is 0. The molecule has 1 unspecified atom stereocenters. The van der Waals surface area contributed by atoms with Gasteiger partial charge in [-0.25, -0.2) is 0 Å². The third-order valence-corrected chi connectivity index (χ3v) is 7.96. The zero-order valence-electron chi connectivity index (χ0n) is 18.2. The number of ether oxygens (including phenoxy) is 1. The van der Waals surface area contributed by atoms with E-state index in [1.54, 1.807) is 0 Å². The third kappa shape index (κ3) is 2.47. The molecule has 2 heteroatoms. The summed E-state index contributed by atoms with van der Waals surface area (Å²) in [6.45, 7) is 0. The van der Waals surface area contributed by atoms with Gasteiger partial charge in [0.1, 0.15) is 11.9 Å². The molecule has 1 atom stereocenters. The highest BCUT2D eigenvalue weighted by molar-refractivity contribution is 5.92. The number of rotatable bonds is 2. The molecule has 1 aliphatic heterocycles. The summed E-state index contributed by atoms with van der Waals surface area (Å²) in [6, 6.07) is 24.4. The molecule has 3 aliphatic carbocycles. The first-order valence-corrected chi connectivity index (χ1v) is 12.0. The molecule has 0 aromatic heterocycles. The molecule has 3 aromatic carbocycles. The topological polar surface area (TPSA) is 21.3 Å². The van der Waals surface area contributed by atoms with Crippen LogP contribution in [0.25, 0.3) is 16.7 Å². The lowest BCUT2D eigenvalue weighted by Crippen LogP contribution is -2.28. The molecule has 158 valence electrons. The zero-order chi connectivity index (χ0) is 21.1. The predicted octanol–water partition coefficient (Wildman–Crippen LogP) is 7.46. The van der Waals surface area contributed by atoms with Crippen molar-refractivity contribution in [3.05, 3.63) is 101 Å². The Hall–Kier alpha value is -3.26. The molecular weight excluding hydrogens is 390 g/mol. The molecule has 7 rings (SSSR count). The molecule has 1 heterocycles. The van der Waals surface area contributed by atoms with E-state index in [0.29, 0.717) is 0 Å². The minimum Gasteiger partial charge on any atom is -0.485 e. The molecule has 0 amide bonds. The van der Waals surface area contributed by atoms with Crippen molar-refractivity contribution < 1.29 is 4.74 Å². The van der Waals surface area contributed by atoms with Crippen molar-refractivity contribution in [2.45, 2.75) is 50.0 Å². The first-order chi connectivity index (χ1) is 15.9. The number of allylic oxidation sites excluding steroid dienone is 1. The van der Waals surface area contributed by atoms with Gasteiger partial charge in [0.15, 0.2) is 0 Å². The smallest absolute Gasteiger partial charge is 0.130 e. The van der Waals surface area contributed by atoms with E-state index in [1.165, 1.54) is 76.9 Å². The Morgan fingerprint density at radius 2 is 1.56 bits per heavy atom. The SMILES string of the molecule is C1=CC(Nc2cccc3c2-c2ccccc2C32CCCCC2)=C2c3ccccc3OC2C1. The highest BCUT2D eigenvalue weighted by Crippen LogP contribution is 2.57. The highest BCUT2D eigenvalue weighted by atomic mass is 16.5. The van der Waals surface area contributed by atoms with Crippen molar-refractivity contribution in [2.24, 2.45) is 0 Å². The zero-order valence-corrected chi connectivity index (χ0v) is 18.2. The predicted molar refractivity (Wildman–Crippen MR) is 131 cm³/mol. The van der Waals surface area contributed by atoms with Crippen LogP contribution in [0.5, 0.6) is 5.75 Å². The molecular formula is C30H27NO. The first-order valence-electron chi connectivity index (χ1n) is 12.0. The molecule has 1 saturated carbocycles. The number of benzene rings is 3. The maximum Gasteiger partial charge on any atom is 0.130 e. The number of hydrogen-bond acceptors (Lipinski definition) is 2. The molecule has 2 nitrogen and oxygen atoms in total. The van der Waals surface area contributed by atoms with E-state index in [2.05, 4.69) is 84.2 Å². The summed E-state index contributed by atoms with van der Waals surface area (Å²) in [5.74, 6) is 1.00. The molecule has 3 aromatic rings. The second kappa shape index (κ2) is 6.87. The van der Waals surface area contributed by atoms with Gasteiger partial charge in [-0.3, -0.25) is 0 Å². The van der Waals surface area contributed by atoms with Crippen LogP contribution >= 0.6 is 0 Å². The van der Waals surface area contributed by atoms with Gasteiger partial charge < -0.3 is 10.1 Å². The van der Waals surface area contributed by atoms with Crippen LogP contribution in [0.3, 0.4) is 0 Å². The fourth-order valence-electron chi connectivity index (χ4n) is 6.62. The molecule has 4 aliphatic rings. The first kappa shape index (κ1) is 18.3. The van der Waals surface area contributed by atoms with E-state index in [-0.39, 0.29) is 11.5 Å². The molecule has 1 spiro atoms. The normalized spacial score (nSPS) is 21.6. The van der Waals surface area contributed by atoms with E-state index in [0.717, 1.165) is 12.2 Å². The lowest BCUT2D eigenvalue weighted by molar-refractivity contribution is 0.278. The van der Waals surface area contributed by atoms with E-state index < -0.39 is 0 Å². The monoisotopic (exact) mass is 417 g/mol. The summed E-state index contributed by atoms with van der Waals surface area (Å²) in [7, 11) is 0. The Morgan fingerprint density at radius 3 is 2.47 bits per heavy atom. The van der Waals surface area contributed by atoms with Crippen molar-refractivity contribution in [3.63, 3.8) is 0 Å². The van der Waals surface area contributed by atoms with Gasteiger partial charge >= 0.3 is 0 Å². The molecule has 1 N–H and O–H groups in total. The number of anilines is 1. The minimum absolute atomic E-state index is 0.105. The third-order valence-electron chi connectivity index (χ3n) is 7.96. The van der Waals surface area contributed by atoms with Gasteiger partial charge in [-0.2, -0.15) is 0 Å². The van der Waals surface area contributed by atoms with Crippen molar-refractivity contribution in [3.8, 4) is 16.9 Å². The molecule has 0 radical (unpaired) electrons. The van der Waals surface area contributed by atoms with Gasteiger partial charge in [0, 0.05) is 39.9 Å². The maximum absolute atomic E-state index is 6.27. The molecule has 0 saturated heterocycles. The average Bonchev–Trinajstić information content (AvgIpc) is 3.35. The van der Waals surface area contributed by atoms with Crippen LogP contribution in [0.4, 0.5) is 5.69 Å². The number of hydrogen-bond donors (Lipinski definition) is 1. The Balaban J connectivity index is 1.39. The van der Waals surface area contributed by atoms with Crippen LogP contribution in [-0.4, -0.2) is 6.10 Å². The van der Waals surface area contributed by atoms with Crippen LogP contribution < -0.4 is 10.1 Å². The molecule has 0 bridgehead atoms. The van der Waals surface area contributed by atoms with Crippen LogP contribution in [-0.2, 0) is 5.41 Å². The average molecular weight is 418 g/mol. The summed E-state index contributed by atoms with van der Waals surface area (Å²) in [6.07, 6.45) is 12.0. The van der Waals surface area contributed by atoms with Crippen molar-refractivity contribution in [2.75, 3.05) is 5.32 Å². The Labute approximate surface area is 189 Å². The van der Waals surface area contributed by atoms with Crippen molar-refractivity contribution in [1.29, 1.82) is 0 Å². The van der Waals surface area contributed by atoms with Gasteiger partial charge in [-0.15, -0.1) is 0 Å². The quantitative estimate of drug-likeness (QED) is 0.467. The van der Waals surface area contributed by atoms with Gasteiger partial charge in [-0.1, -0.05) is 79.9 Å². The number of nitrogens with one attached hydrogen (secondary N) is 1. The highest BCUT2D eigenvalue weighted by Gasteiger charge is 2.44. The van der Waals surface area contributed by atoms with Gasteiger partial charge in [0.2, 0.25) is 0 Å². The largest absolute Gasteiger partial charge is 0.485 e. The lowest BCUT2D eigenvalue weighted by Gasteiger charge is -2.36. The fraction of sp³-hybridized carbons (Fsp3) is 0.267. The Kier molecular flexibility index (Phi) is 3.93. The van der Waals surface area contributed by atoms with E-state index in [4.69, 9.17) is 4.74 Å². The summed E-state index contributed by atoms with van der Waals surface area (Å²) in [5.41, 5.74) is 11.0. The van der Waals surface area contributed by atoms with E-state index in [9.17, 15) is 0 Å². The second-order valence-corrected chi connectivity index (χ2v) is 9.61. The van der Waals surface area contributed by atoms with Gasteiger partial charge in [-0.05, 0) is 47.7 Å². The van der Waals surface area contributed by atoms with Crippen LogP contribution in [0.2, 0.25) is 0 Å². The number of fused-ring (bicyclic) bond motifs is 8. The summed E-state index contributed by atoms with van der Waals surface area (Å²) >= 11 is 0. The van der Waals surface area contributed by atoms with Crippen LogP contribution in [0.1, 0.15) is 55.2 Å². The Bertz CT molecular complexity index is 1290. The lowest BCUT2D eigenvalue weighted by atomic mass is 9.68. The van der Waals surface area contributed by atoms with Crippen LogP contribution in [0, 0.1) is 0 Å². The van der Waals surface area contributed by atoms with Crippen molar-refractivity contribution >= 4 is 11.3 Å². The fourth-order valence-corrected chi connectivity index (χ4v) is 6.62. The summed E-state index contributed by atoms with van der Waals surface area (Å²) in [5, 5.41) is 3.87. The maximum atomic E-state index is 6.27. The van der Waals surface area contributed by atoms with E-state index in [1.807, 2.05) is 0 Å². The summed E-state index contributed by atoms with van der Waals surface area (Å²) < 4.78 is 6.27. The van der Waals surface area contributed by atoms with Crippen LogP contribution in [0.15, 0.2) is 84.6 Å². The van der Waals surface area contributed by atoms with E-state index >= 15 is 0 Å². The van der Waals surface area contributed by atoms with Gasteiger partial charge in [0.25, 0.3) is 0 Å². The second-order valence-electron chi connectivity index (χ2n) is 9.61. The molecule has 1 fully saturated rings. The number of para-hydroxylation sites is 1.